The molecule has 0 unspecified atom stereocenters. The van der Waals surface area contributed by atoms with E-state index in [9.17, 15) is 14.0 Å². The van der Waals surface area contributed by atoms with Gasteiger partial charge in [-0.2, -0.15) is 0 Å². The van der Waals surface area contributed by atoms with E-state index < -0.39 is 0 Å². The molecule has 1 aliphatic rings. The molecule has 1 aliphatic heterocycles. The highest BCUT2D eigenvalue weighted by Gasteiger charge is 2.24. The van der Waals surface area contributed by atoms with Crippen molar-refractivity contribution in [2.75, 3.05) is 18.0 Å². The van der Waals surface area contributed by atoms with Crippen LogP contribution in [0.4, 0.5) is 10.1 Å². The minimum absolute atomic E-state index is 0.0518. The number of hydrogen-bond acceptors (Lipinski definition) is 4. The molecule has 2 aromatic carbocycles. The quantitative estimate of drug-likeness (QED) is 0.636. The highest BCUT2D eigenvalue weighted by atomic mass is 19.1. The molecule has 2 amide bonds. The number of halogens is 1. The Labute approximate surface area is 180 Å². The number of para-hydroxylation sites is 1. The van der Waals surface area contributed by atoms with E-state index >= 15 is 0 Å². The number of hydrogen-bond donors (Lipinski definition) is 2. The van der Waals surface area contributed by atoms with E-state index in [1.54, 1.807) is 36.4 Å². The summed E-state index contributed by atoms with van der Waals surface area (Å²) in [6.07, 6.45) is 3.00. The summed E-state index contributed by atoms with van der Waals surface area (Å²) in [6.45, 7) is 1.54. The summed E-state index contributed by atoms with van der Waals surface area (Å²) >= 11 is 0. The van der Waals surface area contributed by atoms with E-state index in [0.717, 1.165) is 18.5 Å². The lowest BCUT2D eigenvalue weighted by atomic mass is 10.0. The van der Waals surface area contributed by atoms with Gasteiger partial charge in [0.2, 0.25) is 0 Å². The monoisotopic (exact) mass is 421 g/mol. The van der Waals surface area contributed by atoms with Crippen LogP contribution in [0.25, 0.3) is 0 Å². The second-order valence-electron chi connectivity index (χ2n) is 7.50. The van der Waals surface area contributed by atoms with Crippen molar-refractivity contribution in [1.82, 2.24) is 10.6 Å². The van der Waals surface area contributed by atoms with Crippen molar-refractivity contribution in [2.24, 2.45) is 0 Å². The van der Waals surface area contributed by atoms with Crippen molar-refractivity contribution in [3.05, 3.63) is 89.6 Å². The number of piperidine rings is 1. The van der Waals surface area contributed by atoms with Crippen LogP contribution in [-0.4, -0.2) is 30.9 Å². The third-order valence-electron chi connectivity index (χ3n) is 5.46. The standard InChI is InChI=1S/C24H24FN3O3/c25-20-8-3-1-6-17(20)16-26-23(29)19-7-2-4-9-21(19)28-13-11-18(12-14-28)27-24(30)22-10-5-15-31-22/h1-10,15,18H,11-14,16H2,(H,26,29)(H,27,30). The maximum Gasteiger partial charge on any atom is 0.287 e. The van der Waals surface area contributed by atoms with Gasteiger partial charge >= 0.3 is 0 Å². The van der Waals surface area contributed by atoms with Gasteiger partial charge in [0.25, 0.3) is 11.8 Å². The van der Waals surface area contributed by atoms with E-state index in [1.165, 1.54) is 12.3 Å². The second-order valence-corrected chi connectivity index (χ2v) is 7.50. The topological polar surface area (TPSA) is 74.6 Å². The number of anilines is 1. The van der Waals surface area contributed by atoms with Crippen LogP contribution in [0.5, 0.6) is 0 Å². The molecule has 31 heavy (non-hydrogen) atoms. The Balaban J connectivity index is 1.37. The first-order valence-electron chi connectivity index (χ1n) is 10.3. The van der Waals surface area contributed by atoms with Crippen molar-refractivity contribution < 1.29 is 18.4 Å². The van der Waals surface area contributed by atoms with Gasteiger partial charge in [-0.15, -0.1) is 0 Å². The summed E-state index contributed by atoms with van der Waals surface area (Å²) < 4.78 is 19.0. The Hall–Kier alpha value is -3.61. The molecule has 0 spiro atoms. The van der Waals surface area contributed by atoms with Crippen molar-refractivity contribution >= 4 is 17.5 Å². The maximum atomic E-state index is 13.8. The highest BCUT2D eigenvalue weighted by Crippen LogP contribution is 2.24. The maximum absolute atomic E-state index is 13.8. The van der Waals surface area contributed by atoms with Crippen LogP contribution >= 0.6 is 0 Å². The smallest absolute Gasteiger partial charge is 0.287 e. The zero-order chi connectivity index (χ0) is 21.6. The number of benzene rings is 2. The van der Waals surface area contributed by atoms with Gasteiger partial charge in [-0.05, 0) is 43.2 Å². The van der Waals surface area contributed by atoms with Gasteiger partial charge in [-0.1, -0.05) is 30.3 Å². The van der Waals surface area contributed by atoms with Crippen LogP contribution in [0.1, 0.15) is 39.3 Å². The molecule has 2 heterocycles. The van der Waals surface area contributed by atoms with Gasteiger partial charge in [0.05, 0.1) is 11.8 Å². The molecule has 2 N–H and O–H groups in total. The van der Waals surface area contributed by atoms with E-state index in [2.05, 4.69) is 15.5 Å². The van der Waals surface area contributed by atoms with E-state index in [1.807, 2.05) is 18.2 Å². The van der Waals surface area contributed by atoms with Crippen LogP contribution < -0.4 is 15.5 Å². The summed E-state index contributed by atoms with van der Waals surface area (Å²) in [5.74, 6) is -0.488. The number of nitrogens with zero attached hydrogens (tertiary/aromatic N) is 1. The second kappa shape index (κ2) is 9.47. The molecule has 6 nitrogen and oxygen atoms in total. The number of furan rings is 1. The van der Waals surface area contributed by atoms with Gasteiger partial charge in [0, 0.05) is 36.9 Å². The highest BCUT2D eigenvalue weighted by molar-refractivity contribution is 5.99. The fraction of sp³-hybridized carbons (Fsp3) is 0.250. The van der Waals surface area contributed by atoms with Crippen LogP contribution in [0.3, 0.4) is 0 Å². The normalized spacial score (nSPS) is 14.3. The average molecular weight is 421 g/mol. The summed E-state index contributed by atoms with van der Waals surface area (Å²) in [5.41, 5.74) is 1.84. The van der Waals surface area contributed by atoms with Gasteiger partial charge < -0.3 is 20.0 Å². The molecular weight excluding hydrogens is 397 g/mol. The average Bonchev–Trinajstić information content (AvgIpc) is 3.34. The summed E-state index contributed by atoms with van der Waals surface area (Å²) in [6, 6.07) is 17.2. The molecule has 1 saturated heterocycles. The zero-order valence-electron chi connectivity index (χ0n) is 17.0. The number of carbonyl (C=O) groups is 2. The predicted molar refractivity (Wildman–Crippen MR) is 115 cm³/mol. The predicted octanol–water partition coefficient (Wildman–Crippen LogP) is 3.75. The van der Waals surface area contributed by atoms with E-state index in [4.69, 9.17) is 4.42 Å². The molecule has 0 radical (unpaired) electrons. The van der Waals surface area contributed by atoms with Gasteiger partial charge in [-0.25, -0.2) is 4.39 Å². The third kappa shape index (κ3) is 4.94. The zero-order valence-corrected chi connectivity index (χ0v) is 17.0. The fourth-order valence-corrected chi connectivity index (χ4v) is 3.78. The van der Waals surface area contributed by atoms with Crippen molar-refractivity contribution in [1.29, 1.82) is 0 Å². The van der Waals surface area contributed by atoms with Gasteiger partial charge in [0.15, 0.2) is 5.76 Å². The molecule has 1 fully saturated rings. The van der Waals surface area contributed by atoms with Crippen molar-refractivity contribution in [3.8, 4) is 0 Å². The molecule has 7 heteroatoms. The summed E-state index contributed by atoms with van der Waals surface area (Å²) in [4.78, 5) is 27.1. The minimum atomic E-state index is -0.338. The molecule has 160 valence electrons. The number of carbonyl (C=O) groups excluding carboxylic acids is 2. The van der Waals surface area contributed by atoms with Crippen molar-refractivity contribution in [2.45, 2.75) is 25.4 Å². The first kappa shape index (κ1) is 20.7. The van der Waals surface area contributed by atoms with Gasteiger partial charge in [0.1, 0.15) is 5.82 Å². The molecule has 0 saturated carbocycles. The number of amides is 2. The number of rotatable bonds is 6. The van der Waals surface area contributed by atoms with Crippen LogP contribution in [0, 0.1) is 5.82 Å². The van der Waals surface area contributed by atoms with Crippen molar-refractivity contribution in [3.63, 3.8) is 0 Å². The Bertz CT molecular complexity index is 1040. The third-order valence-corrected chi connectivity index (χ3v) is 5.46. The molecular formula is C24H24FN3O3. The lowest BCUT2D eigenvalue weighted by Gasteiger charge is -2.34. The van der Waals surface area contributed by atoms with Crippen LogP contribution in [0.2, 0.25) is 0 Å². The molecule has 0 bridgehead atoms. The van der Waals surface area contributed by atoms with E-state index in [-0.39, 0.29) is 30.2 Å². The first-order valence-corrected chi connectivity index (χ1v) is 10.3. The largest absolute Gasteiger partial charge is 0.459 e. The van der Waals surface area contributed by atoms with Crippen LogP contribution in [-0.2, 0) is 6.54 Å². The van der Waals surface area contributed by atoms with Crippen LogP contribution in [0.15, 0.2) is 71.3 Å². The molecule has 3 aromatic rings. The molecule has 4 rings (SSSR count). The molecule has 0 aliphatic carbocycles. The minimum Gasteiger partial charge on any atom is -0.459 e. The number of nitrogens with one attached hydrogen (secondary N) is 2. The lowest BCUT2D eigenvalue weighted by Crippen LogP contribution is -2.45. The lowest BCUT2D eigenvalue weighted by molar-refractivity contribution is 0.0902. The summed E-state index contributed by atoms with van der Waals surface area (Å²) in [7, 11) is 0. The van der Waals surface area contributed by atoms with Gasteiger partial charge in [-0.3, -0.25) is 9.59 Å². The fourth-order valence-electron chi connectivity index (χ4n) is 3.78. The van der Waals surface area contributed by atoms with E-state index in [0.29, 0.717) is 30.0 Å². The Morgan fingerprint density at radius 3 is 2.45 bits per heavy atom. The SMILES string of the molecule is O=C(NC1CCN(c2ccccc2C(=O)NCc2ccccc2F)CC1)c1ccco1. The summed E-state index contributed by atoms with van der Waals surface area (Å²) in [5, 5.41) is 5.81. The Kier molecular flexibility index (Phi) is 6.31. The Morgan fingerprint density at radius 2 is 1.71 bits per heavy atom. The molecule has 0 atom stereocenters. The Morgan fingerprint density at radius 1 is 0.968 bits per heavy atom. The first-order chi connectivity index (χ1) is 15.1. The molecule has 1 aromatic heterocycles.